The summed E-state index contributed by atoms with van der Waals surface area (Å²) >= 11 is 6.90. The minimum atomic E-state index is 0.799. The number of carbonyl (C=O) groups excluding carboxylic acids is 2. The lowest BCUT2D eigenvalue weighted by atomic mass is 10.0. The zero-order valence-electron chi connectivity index (χ0n) is 17.9. The summed E-state index contributed by atoms with van der Waals surface area (Å²) in [5.41, 5.74) is 4.02. The number of aldehydes is 2. The molecular weight excluding hydrogens is 497 g/mol. The van der Waals surface area contributed by atoms with Gasteiger partial charge >= 0.3 is 0 Å². The Kier molecular flexibility index (Phi) is 5.75. The van der Waals surface area contributed by atoms with Crippen LogP contribution in [0.5, 0.6) is 0 Å². The van der Waals surface area contributed by atoms with Gasteiger partial charge in [0.2, 0.25) is 0 Å². The molecule has 2 aromatic carbocycles. The molecule has 0 aliphatic rings. The number of fused-ring (bicyclic) bond motifs is 2. The summed E-state index contributed by atoms with van der Waals surface area (Å²) in [6.45, 7) is 0. The molecule has 0 radical (unpaired) electrons. The van der Waals surface area contributed by atoms with Crippen molar-refractivity contribution in [3.8, 4) is 11.1 Å². The molecule has 166 valence electrons. The quantitative estimate of drug-likeness (QED) is 0.200. The van der Waals surface area contributed by atoms with Crippen LogP contribution in [0.4, 0.5) is 0 Å². The lowest BCUT2D eigenvalue weighted by molar-refractivity contribution is 0.111. The summed E-state index contributed by atoms with van der Waals surface area (Å²) in [7, 11) is 0. The molecule has 6 rings (SSSR count). The standard InChI is InChI=1S/C28H18O2S4/c29-15-21-5-7-31-25(21)13-23-9-19-3-1-17(11-27(19)33-23)18-2-4-20-10-24(34-28(20)12-18)14-26-22(16-30)6-8-32-26/h1-12,15-16H,13-14H2. The van der Waals surface area contributed by atoms with Crippen LogP contribution in [-0.4, -0.2) is 12.6 Å². The predicted octanol–water partition coefficient (Wildman–Crippen LogP) is 8.71. The second-order valence-corrected chi connectivity index (χ2v) is 12.5. The predicted molar refractivity (Wildman–Crippen MR) is 148 cm³/mol. The van der Waals surface area contributed by atoms with E-state index in [1.807, 2.05) is 22.9 Å². The fourth-order valence-electron chi connectivity index (χ4n) is 4.22. The van der Waals surface area contributed by atoms with Gasteiger partial charge in [-0.3, -0.25) is 9.59 Å². The van der Waals surface area contributed by atoms with Crippen LogP contribution in [0.1, 0.15) is 40.2 Å². The number of thiophene rings is 4. The zero-order chi connectivity index (χ0) is 23.1. The Morgan fingerprint density at radius 3 is 1.50 bits per heavy atom. The van der Waals surface area contributed by atoms with Crippen LogP contribution in [0, 0.1) is 0 Å². The molecular formula is C28H18O2S4. The normalized spacial score (nSPS) is 11.4. The van der Waals surface area contributed by atoms with E-state index >= 15 is 0 Å². The SMILES string of the molecule is O=Cc1ccsc1Cc1cc2ccc(-c3ccc4cc(Cc5sccc5C=O)sc4c3)cc2s1. The Bertz CT molecular complexity index is 1540. The van der Waals surface area contributed by atoms with Crippen molar-refractivity contribution in [1.82, 2.24) is 0 Å². The molecule has 0 aliphatic carbocycles. The third-order valence-electron chi connectivity index (χ3n) is 5.96. The van der Waals surface area contributed by atoms with E-state index in [4.69, 9.17) is 0 Å². The van der Waals surface area contributed by atoms with Gasteiger partial charge in [0.1, 0.15) is 0 Å². The summed E-state index contributed by atoms with van der Waals surface area (Å²) in [5.74, 6) is 0. The number of benzene rings is 2. The van der Waals surface area contributed by atoms with E-state index in [-0.39, 0.29) is 0 Å². The van der Waals surface area contributed by atoms with Crippen LogP contribution in [0.2, 0.25) is 0 Å². The fraction of sp³-hybridized carbons (Fsp3) is 0.0714. The van der Waals surface area contributed by atoms with E-state index in [2.05, 4.69) is 48.5 Å². The van der Waals surface area contributed by atoms with Crippen molar-refractivity contribution < 1.29 is 9.59 Å². The summed E-state index contributed by atoms with van der Waals surface area (Å²) in [6, 6.07) is 21.6. The maximum atomic E-state index is 11.3. The number of hydrogen-bond acceptors (Lipinski definition) is 6. The number of carbonyl (C=O) groups is 2. The molecule has 4 aromatic heterocycles. The third-order valence-corrected chi connectivity index (χ3v) is 10.0. The van der Waals surface area contributed by atoms with Crippen LogP contribution < -0.4 is 0 Å². The average Bonchev–Trinajstić information content (AvgIpc) is 3.64. The van der Waals surface area contributed by atoms with E-state index in [0.717, 1.165) is 46.3 Å². The van der Waals surface area contributed by atoms with Crippen molar-refractivity contribution in [2.24, 2.45) is 0 Å². The molecule has 0 aliphatic heterocycles. The molecule has 0 unspecified atom stereocenters. The second-order valence-electron chi connectivity index (χ2n) is 8.12. The molecule has 0 saturated carbocycles. The maximum Gasteiger partial charge on any atom is 0.151 e. The van der Waals surface area contributed by atoms with Crippen molar-refractivity contribution in [2.75, 3.05) is 0 Å². The van der Waals surface area contributed by atoms with Crippen LogP contribution in [-0.2, 0) is 12.8 Å². The van der Waals surface area contributed by atoms with Gasteiger partial charge < -0.3 is 0 Å². The molecule has 0 atom stereocenters. The third kappa shape index (κ3) is 4.07. The molecule has 0 amide bonds. The van der Waals surface area contributed by atoms with Gasteiger partial charge in [0.05, 0.1) is 0 Å². The van der Waals surface area contributed by atoms with Gasteiger partial charge in [-0.2, -0.15) is 0 Å². The first-order chi connectivity index (χ1) is 16.7. The van der Waals surface area contributed by atoms with Gasteiger partial charge in [-0.05, 0) is 69.1 Å². The van der Waals surface area contributed by atoms with Crippen molar-refractivity contribution in [3.05, 3.63) is 102 Å². The number of rotatable bonds is 7. The van der Waals surface area contributed by atoms with Gasteiger partial charge in [-0.25, -0.2) is 0 Å². The lowest BCUT2D eigenvalue weighted by Crippen LogP contribution is -1.85. The largest absolute Gasteiger partial charge is 0.298 e. The molecule has 4 heterocycles. The van der Waals surface area contributed by atoms with Gasteiger partial charge in [0.15, 0.2) is 12.6 Å². The zero-order valence-corrected chi connectivity index (χ0v) is 21.2. The maximum absolute atomic E-state index is 11.3. The molecule has 0 fully saturated rings. The van der Waals surface area contributed by atoms with E-state index < -0.39 is 0 Å². The molecule has 6 aromatic rings. The second kappa shape index (κ2) is 9.04. The first-order valence-corrected chi connectivity index (χ1v) is 14.2. The minimum Gasteiger partial charge on any atom is -0.298 e. The Morgan fingerprint density at radius 1 is 0.588 bits per heavy atom. The Labute approximate surface area is 212 Å². The van der Waals surface area contributed by atoms with E-state index in [1.165, 1.54) is 41.1 Å². The first kappa shape index (κ1) is 21.6. The Hall–Kier alpha value is -2.90. The highest BCUT2D eigenvalue weighted by Gasteiger charge is 2.11. The van der Waals surface area contributed by atoms with Gasteiger partial charge in [0.25, 0.3) is 0 Å². The number of hydrogen-bond donors (Lipinski definition) is 0. The Morgan fingerprint density at radius 2 is 1.06 bits per heavy atom. The van der Waals surface area contributed by atoms with Gasteiger partial charge in [-0.15, -0.1) is 45.3 Å². The van der Waals surface area contributed by atoms with Crippen LogP contribution in [0.3, 0.4) is 0 Å². The van der Waals surface area contributed by atoms with Crippen LogP contribution in [0.25, 0.3) is 31.3 Å². The van der Waals surface area contributed by atoms with Crippen molar-refractivity contribution >= 4 is 78.1 Å². The highest BCUT2D eigenvalue weighted by molar-refractivity contribution is 7.19. The van der Waals surface area contributed by atoms with E-state index in [9.17, 15) is 9.59 Å². The van der Waals surface area contributed by atoms with E-state index in [1.54, 1.807) is 45.3 Å². The van der Waals surface area contributed by atoms with Crippen LogP contribution in [0.15, 0.2) is 71.4 Å². The smallest absolute Gasteiger partial charge is 0.151 e. The highest BCUT2D eigenvalue weighted by Crippen LogP contribution is 2.36. The molecule has 0 N–H and O–H groups in total. The summed E-state index contributed by atoms with van der Waals surface area (Å²) in [6.07, 6.45) is 3.51. The topological polar surface area (TPSA) is 34.1 Å². The summed E-state index contributed by atoms with van der Waals surface area (Å²) < 4.78 is 2.53. The van der Waals surface area contributed by atoms with Crippen LogP contribution >= 0.6 is 45.3 Å². The summed E-state index contributed by atoms with van der Waals surface area (Å²) in [5, 5.41) is 6.46. The fourth-order valence-corrected chi connectivity index (χ4v) is 8.37. The molecule has 2 nitrogen and oxygen atoms in total. The van der Waals surface area contributed by atoms with E-state index in [0.29, 0.717) is 0 Å². The molecule has 0 bridgehead atoms. The van der Waals surface area contributed by atoms with Crippen molar-refractivity contribution in [2.45, 2.75) is 12.8 Å². The molecule has 0 spiro atoms. The summed E-state index contributed by atoms with van der Waals surface area (Å²) in [4.78, 5) is 27.3. The molecule has 6 heteroatoms. The average molecular weight is 515 g/mol. The Balaban J connectivity index is 1.29. The minimum absolute atomic E-state index is 0.799. The van der Waals surface area contributed by atoms with Gasteiger partial charge in [0, 0.05) is 52.9 Å². The van der Waals surface area contributed by atoms with Gasteiger partial charge in [-0.1, -0.05) is 24.3 Å². The molecule has 0 saturated heterocycles. The highest BCUT2D eigenvalue weighted by atomic mass is 32.1. The first-order valence-electron chi connectivity index (χ1n) is 10.8. The van der Waals surface area contributed by atoms with Crippen molar-refractivity contribution in [1.29, 1.82) is 0 Å². The van der Waals surface area contributed by atoms with Crippen molar-refractivity contribution in [3.63, 3.8) is 0 Å². The monoisotopic (exact) mass is 514 g/mol. The lowest BCUT2D eigenvalue weighted by Gasteiger charge is -2.02. The molecule has 34 heavy (non-hydrogen) atoms.